The third-order valence-electron chi connectivity index (χ3n) is 3.42. The maximum absolute atomic E-state index is 13.8. The van der Waals surface area contributed by atoms with Crippen LogP contribution in [-0.2, 0) is 10.0 Å². The fourth-order valence-corrected chi connectivity index (χ4v) is 3.72. The number of hydrogen-bond donors (Lipinski definition) is 1. The number of nitrogen functional groups attached to an aromatic ring is 1. The molecule has 0 amide bonds. The molecule has 0 heterocycles. The molecular weight excluding hydrogens is 291 g/mol. The second kappa shape index (κ2) is 5.37. The summed E-state index contributed by atoms with van der Waals surface area (Å²) in [6.45, 7) is 3.40. The zero-order valence-corrected chi connectivity index (χ0v) is 12.9. The Morgan fingerprint density at radius 2 is 1.62 bits per heavy atom. The van der Waals surface area contributed by atoms with Gasteiger partial charge >= 0.3 is 0 Å². The van der Waals surface area contributed by atoms with E-state index in [4.69, 9.17) is 5.73 Å². The molecule has 4 nitrogen and oxygen atoms in total. The summed E-state index contributed by atoms with van der Waals surface area (Å²) in [6, 6.07) is 9.16. The Morgan fingerprint density at radius 3 is 2.24 bits per heavy atom. The molecule has 0 aromatic heterocycles. The van der Waals surface area contributed by atoms with Gasteiger partial charge in [-0.1, -0.05) is 24.3 Å². The molecule has 2 rings (SSSR count). The van der Waals surface area contributed by atoms with Gasteiger partial charge in [0.25, 0.3) is 10.0 Å². The fraction of sp³-hybridized carbons (Fsp3) is 0.200. The molecule has 2 N–H and O–H groups in total. The number of para-hydroxylation sites is 1. The van der Waals surface area contributed by atoms with Gasteiger partial charge in [-0.25, -0.2) is 12.8 Å². The molecule has 0 radical (unpaired) electrons. The van der Waals surface area contributed by atoms with Crippen molar-refractivity contribution in [2.75, 3.05) is 17.1 Å². The highest BCUT2D eigenvalue weighted by Gasteiger charge is 2.27. The van der Waals surface area contributed by atoms with Crippen molar-refractivity contribution < 1.29 is 12.8 Å². The van der Waals surface area contributed by atoms with Crippen LogP contribution in [0.25, 0.3) is 0 Å². The number of rotatable bonds is 3. The van der Waals surface area contributed by atoms with E-state index in [1.165, 1.54) is 25.2 Å². The van der Waals surface area contributed by atoms with Crippen LogP contribution in [-0.4, -0.2) is 15.5 Å². The van der Waals surface area contributed by atoms with Crippen molar-refractivity contribution in [3.8, 4) is 0 Å². The monoisotopic (exact) mass is 308 g/mol. The molecule has 6 heteroatoms. The lowest BCUT2D eigenvalue weighted by Gasteiger charge is -2.22. The molecule has 2 aromatic carbocycles. The van der Waals surface area contributed by atoms with E-state index in [-0.39, 0.29) is 16.3 Å². The SMILES string of the molecule is Cc1ccc(C)c(S(=O)(=O)N(C)c2ccccc2F)c1N. The number of nitrogens with two attached hydrogens (primary N) is 1. The molecule has 0 aliphatic carbocycles. The predicted molar refractivity (Wildman–Crippen MR) is 82.3 cm³/mol. The van der Waals surface area contributed by atoms with Gasteiger partial charge in [0.2, 0.25) is 0 Å². The van der Waals surface area contributed by atoms with E-state index in [0.29, 0.717) is 11.1 Å². The zero-order chi connectivity index (χ0) is 15.8. The molecule has 0 saturated carbocycles. The van der Waals surface area contributed by atoms with E-state index >= 15 is 0 Å². The minimum Gasteiger partial charge on any atom is -0.397 e. The van der Waals surface area contributed by atoms with Gasteiger partial charge < -0.3 is 5.73 Å². The second-order valence-electron chi connectivity index (χ2n) is 4.87. The van der Waals surface area contributed by atoms with Gasteiger partial charge in [0.1, 0.15) is 10.7 Å². The molecule has 21 heavy (non-hydrogen) atoms. The third-order valence-corrected chi connectivity index (χ3v) is 5.40. The minimum absolute atomic E-state index is 0.0159. The van der Waals surface area contributed by atoms with Crippen molar-refractivity contribution in [2.45, 2.75) is 18.7 Å². The Bertz CT molecular complexity index is 788. The quantitative estimate of drug-likeness (QED) is 0.887. The van der Waals surface area contributed by atoms with E-state index in [9.17, 15) is 12.8 Å². The first kappa shape index (κ1) is 15.3. The molecule has 0 saturated heterocycles. The van der Waals surface area contributed by atoms with Crippen LogP contribution in [0.1, 0.15) is 11.1 Å². The van der Waals surface area contributed by atoms with Crippen molar-refractivity contribution in [1.29, 1.82) is 0 Å². The molecule has 112 valence electrons. The number of hydrogen-bond acceptors (Lipinski definition) is 3. The van der Waals surface area contributed by atoms with E-state index < -0.39 is 15.8 Å². The average Bonchev–Trinajstić information content (AvgIpc) is 2.43. The molecule has 0 fully saturated rings. The van der Waals surface area contributed by atoms with Crippen molar-refractivity contribution in [3.63, 3.8) is 0 Å². The summed E-state index contributed by atoms with van der Waals surface area (Å²) < 4.78 is 40.3. The van der Waals surface area contributed by atoms with Crippen LogP contribution in [0.3, 0.4) is 0 Å². The minimum atomic E-state index is -3.93. The lowest BCUT2D eigenvalue weighted by atomic mass is 10.1. The molecule has 0 atom stereocenters. The Balaban J connectivity index is 2.64. The third kappa shape index (κ3) is 2.58. The van der Waals surface area contributed by atoms with E-state index in [1.807, 2.05) is 0 Å². The molecular formula is C15H17FN2O2S. The number of nitrogens with zero attached hydrogens (tertiary/aromatic N) is 1. The number of sulfonamides is 1. The summed E-state index contributed by atoms with van der Waals surface area (Å²) >= 11 is 0. The molecule has 0 aliphatic rings. The van der Waals surface area contributed by atoms with Gasteiger partial charge in [-0.05, 0) is 37.1 Å². The predicted octanol–water partition coefficient (Wildman–Crippen LogP) is 2.85. The number of halogens is 1. The van der Waals surface area contributed by atoms with Crippen LogP contribution in [0, 0.1) is 19.7 Å². The van der Waals surface area contributed by atoms with Crippen LogP contribution in [0.2, 0.25) is 0 Å². The maximum atomic E-state index is 13.8. The highest BCUT2D eigenvalue weighted by Crippen LogP contribution is 2.31. The first-order valence-electron chi connectivity index (χ1n) is 6.36. The highest BCUT2D eigenvalue weighted by molar-refractivity contribution is 7.93. The van der Waals surface area contributed by atoms with E-state index in [0.717, 1.165) is 4.31 Å². The zero-order valence-electron chi connectivity index (χ0n) is 12.1. The van der Waals surface area contributed by atoms with E-state index in [1.54, 1.807) is 32.0 Å². The maximum Gasteiger partial charge on any atom is 0.266 e. The van der Waals surface area contributed by atoms with Crippen molar-refractivity contribution in [3.05, 3.63) is 53.3 Å². The van der Waals surface area contributed by atoms with Crippen molar-refractivity contribution in [1.82, 2.24) is 0 Å². The standard InChI is InChI=1S/C15H17FN2O2S/c1-10-8-9-11(2)15(14(10)17)21(19,20)18(3)13-7-5-4-6-12(13)16/h4-9H,17H2,1-3H3. The highest BCUT2D eigenvalue weighted by atomic mass is 32.2. The summed E-state index contributed by atoms with van der Waals surface area (Å²) in [7, 11) is -2.62. The Labute approximate surface area is 124 Å². The number of aryl methyl sites for hydroxylation is 2. The van der Waals surface area contributed by atoms with Gasteiger partial charge in [0.15, 0.2) is 0 Å². The van der Waals surface area contributed by atoms with Crippen LogP contribution in [0.15, 0.2) is 41.3 Å². The van der Waals surface area contributed by atoms with Gasteiger partial charge in [0, 0.05) is 7.05 Å². The average molecular weight is 308 g/mol. The van der Waals surface area contributed by atoms with E-state index in [2.05, 4.69) is 0 Å². The molecule has 0 bridgehead atoms. The second-order valence-corrected chi connectivity index (χ2v) is 6.77. The molecule has 0 spiro atoms. The molecule has 0 aliphatic heterocycles. The van der Waals surface area contributed by atoms with Gasteiger partial charge in [-0.15, -0.1) is 0 Å². The lowest BCUT2D eigenvalue weighted by molar-refractivity contribution is 0.589. The van der Waals surface area contributed by atoms with Crippen molar-refractivity contribution >= 4 is 21.4 Å². The van der Waals surface area contributed by atoms with Crippen LogP contribution >= 0.6 is 0 Å². The normalized spacial score (nSPS) is 11.4. The number of benzene rings is 2. The van der Waals surface area contributed by atoms with Gasteiger partial charge in [-0.2, -0.15) is 0 Å². The Kier molecular flexibility index (Phi) is 3.91. The van der Waals surface area contributed by atoms with Crippen LogP contribution in [0.4, 0.5) is 15.8 Å². The van der Waals surface area contributed by atoms with Gasteiger partial charge in [0.05, 0.1) is 11.4 Å². The van der Waals surface area contributed by atoms with Gasteiger partial charge in [-0.3, -0.25) is 4.31 Å². The summed E-state index contributed by atoms with van der Waals surface area (Å²) in [5.74, 6) is -0.604. The first-order valence-corrected chi connectivity index (χ1v) is 7.80. The summed E-state index contributed by atoms with van der Waals surface area (Å²) in [5.41, 5.74) is 7.30. The molecule has 2 aromatic rings. The Hall–Kier alpha value is -2.08. The largest absolute Gasteiger partial charge is 0.397 e. The first-order chi connectivity index (χ1) is 9.76. The fourth-order valence-electron chi connectivity index (χ4n) is 2.12. The summed E-state index contributed by atoms with van der Waals surface area (Å²) in [6.07, 6.45) is 0. The summed E-state index contributed by atoms with van der Waals surface area (Å²) in [5, 5.41) is 0. The molecule has 0 unspecified atom stereocenters. The Morgan fingerprint density at radius 1 is 1.05 bits per heavy atom. The van der Waals surface area contributed by atoms with Crippen LogP contribution < -0.4 is 10.0 Å². The topological polar surface area (TPSA) is 63.4 Å². The smallest absolute Gasteiger partial charge is 0.266 e. The summed E-state index contributed by atoms with van der Waals surface area (Å²) in [4.78, 5) is 0.0215. The van der Waals surface area contributed by atoms with Crippen LogP contribution in [0.5, 0.6) is 0 Å². The lowest BCUT2D eigenvalue weighted by Crippen LogP contribution is -2.29. The van der Waals surface area contributed by atoms with Crippen molar-refractivity contribution in [2.24, 2.45) is 0 Å². The number of anilines is 2.